The summed E-state index contributed by atoms with van der Waals surface area (Å²) in [6, 6.07) is 31.2. The molecule has 262 valence electrons. The average Bonchev–Trinajstić information content (AvgIpc) is 3.18. The molecule has 0 atom stereocenters. The highest BCUT2D eigenvalue weighted by atomic mass is 16.5. The van der Waals surface area contributed by atoms with Crippen molar-refractivity contribution in [2.75, 3.05) is 55.9 Å². The van der Waals surface area contributed by atoms with E-state index in [1.165, 1.54) is 37.5 Å². The SMILES string of the molecule is COc1cc(NC(=O)c2cc(=O)c3ccccc3o2)c(C(=O)Nc2ccc(N3CCN(Cc4cccc(-c5ccncc5)c4)CC3)cc2)cc1OC. The molecule has 1 aliphatic rings. The molecule has 0 spiro atoms. The van der Waals surface area contributed by atoms with Gasteiger partial charge < -0.3 is 29.4 Å². The van der Waals surface area contributed by atoms with Crippen LogP contribution in [0.3, 0.4) is 0 Å². The highest BCUT2D eigenvalue weighted by Crippen LogP contribution is 2.34. The van der Waals surface area contributed by atoms with Gasteiger partial charge in [0.15, 0.2) is 22.7 Å². The summed E-state index contributed by atoms with van der Waals surface area (Å²) in [6.07, 6.45) is 3.63. The Kier molecular flexibility index (Phi) is 9.94. The van der Waals surface area contributed by atoms with E-state index in [1.807, 2.05) is 48.8 Å². The van der Waals surface area contributed by atoms with Crippen molar-refractivity contribution in [2.24, 2.45) is 0 Å². The zero-order valence-corrected chi connectivity index (χ0v) is 28.8. The number of nitrogens with one attached hydrogen (secondary N) is 2. The summed E-state index contributed by atoms with van der Waals surface area (Å²) < 4.78 is 16.6. The zero-order valence-electron chi connectivity index (χ0n) is 28.8. The number of hydrogen-bond acceptors (Lipinski definition) is 9. The maximum Gasteiger partial charge on any atom is 0.291 e. The second kappa shape index (κ2) is 15.2. The highest BCUT2D eigenvalue weighted by Gasteiger charge is 2.22. The number of aromatic nitrogens is 1. The first-order valence-corrected chi connectivity index (χ1v) is 16.9. The Morgan fingerprint density at radius 3 is 2.23 bits per heavy atom. The number of benzene rings is 4. The molecule has 4 aromatic carbocycles. The monoisotopic (exact) mass is 695 g/mol. The summed E-state index contributed by atoms with van der Waals surface area (Å²) in [4.78, 5) is 48.5. The number of nitrogens with zero attached hydrogens (tertiary/aromatic N) is 3. The van der Waals surface area contributed by atoms with Crippen molar-refractivity contribution in [3.8, 4) is 22.6 Å². The van der Waals surface area contributed by atoms with E-state index in [0.717, 1.165) is 50.0 Å². The lowest BCUT2D eigenvalue weighted by atomic mass is 10.0. The molecule has 2 N–H and O–H groups in total. The van der Waals surface area contributed by atoms with Gasteiger partial charge in [0.05, 0.1) is 30.9 Å². The molecule has 11 nitrogen and oxygen atoms in total. The molecule has 0 saturated carbocycles. The normalized spacial score (nSPS) is 13.1. The number of para-hydroxylation sites is 1. The third-order valence-electron chi connectivity index (χ3n) is 9.08. The molecule has 3 heterocycles. The van der Waals surface area contributed by atoms with Crippen molar-refractivity contribution in [3.05, 3.63) is 143 Å². The molecule has 2 amide bonds. The summed E-state index contributed by atoms with van der Waals surface area (Å²) in [5.74, 6) is -0.773. The number of fused-ring (bicyclic) bond motifs is 1. The van der Waals surface area contributed by atoms with Crippen molar-refractivity contribution >= 4 is 39.8 Å². The second-order valence-corrected chi connectivity index (χ2v) is 12.4. The summed E-state index contributed by atoms with van der Waals surface area (Å²) >= 11 is 0. The van der Waals surface area contributed by atoms with E-state index in [2.05, 4.69) is 49.7 Å². The maximum atomic E-state index is 13.7. The van der Waals surface area contributed by atoms with Gasteiger partial charge >= 0.3 is 0 Å². The minimum absolute atomic E-state index is 0.126. The maximum absolute atomic E-state index is 13.7. The second-order valence-electron chi connectivity index (χ2n) is 12.4. The van der Waals surface area contributed by atoms with Gasteiger partial charge in [0, 0.05) is 68.6 Å². The van der Waals surface area contributed by atoms with Crippen LogP contribution in [-0.4, -0.2) is 62.1 Å². The Hall–Kier alpha value is -6.46. The van der Waals surface area contributed by atoms with Gasteiger partial charge in [-0.2, -0.15) is 0 Å². The van der Waals surface area contributed by atoms with Crippen LogP contribution in [0.2, 0.25) is 0 Å². The number of carbonyl (C=O) groups is 2. The standard InChI is InChI=1S/C41H37N5O6/c1-50-37-23-33(34(24-38(37)51-2)44-41(49)39-25-35(47)32-8-3-4-9-36(32)52-39)40(48)43-30-10-12-31(13-11-30)46-20-18-45(19-21-46)26-27-6-5-7-29(22-27)28-14-16-42-17-15-28/h3-17,22-25H,18-21,26H2,1-2H3,(H,43,48)(H,44,49). The third kappa shape index (κ3) is 7.49. The number of hydrogen-bond donors (Lipinski definition) is 2. The van der Waals surface area contributed by atoms with Crippen molar-refractivity contribution in [3.63, 3.8) is 0 Å². The van der Waals surface area contributed by atoms with Crippen LogP contribution in [0, 0.1) is 0 Å². The van der Waals surface area contributed by atoms with Crippen LogP contribution in [0.5, 0.6) is 11.5 Å². The minimum atomic E-state index is -0.702. The third-order valence-corrected chi connectivity index (χ3v) is 9.08. The van der Waals surface area contributed by atoms with Crippen LogP contribution in [0.15, 0.2) is 125 Å². The predicted octanol–water partition coefficient (Wildman–Crippen LogP) is 6.70. The summed E-state index contributed by atoms with van der Waals surface area (Å²) in [5, 5.41) is 5.99. The predicted molar refractivity (Wildman–Crippen MR) is 202 cm³/mol. The summed E-state index contributed by atoms with van der Waals surface area (Å²) in [7, 11) is 2.91. The van der Waals surface area contributed by atoms with Crippen molar-refractivity contribution in [1.29, 1.82) is 0 Å². The van der Waals surface area contributed by atoms with Crippen molar-refractivity contribution in [1.82, 2.24) is 9.88 Å². The van der Waals surface area contributed by atoms with E-state index in [1.54, 1.807) is 24.3 Å². The number of rotatable bonds is 10. The van der Waals surface area contributed by atoms with Crippen LogP contribution in [0.4, 0.5) is 17.1 Å². The number of carbonyl (C=O) groups excluding carboxylic acids is 2. The molecule has 1 fully saturated rings. The molecular formula is C41H37N5O6. The first-order chi connectivity index (χ1) is 25.4. The Balaban J connectivity index is 1.01. The summed E-state index contributed by atoms with van der Waals surface area (Å²) in [6.45, 7) is 4.49. The highest BCUT2D eigenvalue weighted by molar-refractivity contribution is 6.12. The molecule has 11 heteroatoms. The molecule has 0 radical (unpaired) electrons. The molecule has 52 heavy (non-hydrogen) atoms. The molecular weight excluding hydrogens is 658 g/mol. The molecule has 1 aliphatic heterocycles. The molecule has 0 bridgehead atoms. The lowest BCUT2D eigenvalue weighted by Gasteiger charge is -2.36. The van der Waals surface area contributed by atoms with Gasteiger partial charge in [-0.25, -0.2) is 0 Å². The van der Waals surface area contributed by atoms with Crippen LogP contribution >= 0.6 is 0 Å². The van der Waals surface area contributed by atoms with E-state index in [4.69, 9.17) is 13.9 Å². The number of pyridine rings is 1. The number of amides is 2. The number of piperazine rings is 1. The van der Waals surface area contributed by atoms with Crippen molar-refractivity contribution in [2.45, 2.75) is 6.54 Å². The molecule has 7 rings (SSSR count). The lowest BCUT2D eigenvalue weighted by molar-refractivity contribution is 0.0997. The van der Waals surface area contributed by atoms with Gasteiger partial charge in [-0.05, 0) is 77.4 Å². The fraction of sp³-hybridized carbons (Fsp3) is 0.171. The zero-order chi connectivity index (χ0) is 36.0. The van der Waals surface area contributed by atoms with Crippen LogP contribution in [0.1, 0.15) is 26.5 Å². The number of methoxy groups -OCH3 is 2. The van der Waals surface area contributed by atoms with E-state index in [0.29, 0.717) is 22.6 Å². The van der Waals surface area contributed by atoms with E-state index >= 15 is 0 Å². The molecule has 0 aliphatic carbocycles. The molecule has 0 unspecified atom stereocenters. The van der Waals surface area contributed by atoms with Crippen LogP contribution in [-0.2, 0) is 6.54 Å². The minimum Gasteiger partial charge on any atom is -0.493 e. The lowest BCUT2D eigenvalue weighted by Crippen LogP contribution is -2.45. The van der Waals surface area contributed by atoms with Gasteiger partial charge in [-0.15, -0.1) is 0 Å². The Labute approximate surface area is 300 Å². The van der Waals surface area contributed by atoms with Crippen LogP contribution in [0.25, 0.3) is 22.1 Å². The summed E-state index contributed by atoms with van der Waals surface area (Å²) in [5.41, 5.74) is 5.46. The van der Waals surface area contributed by atoms with Crippen molar-refractivity contribution < 1.29 is 23.5 Å². The fourth-order valence-electron chi connectivity index (χ4n) is 6.34. The Morgan fingerprint density at radius 1 is 0.750 bits per heavy atom. The molecule has 2 aromatic heterocycles. The van der Waals surface area contributed by atoms with Gasteiger partial charge in [-0.1, -0.05) is 30.3 Å². The first kappa shape index (κ1) is 34.0. The van der Waals surface area contributed by atoms with Gasteiger partial charge in [0.1, 0.15) is 5.58 Å². The van der Waals surface area contributed by atoms with Gasteiger partial charge in [0.2, 0.25) is 0 Å². The quantitative estimate of drug-likeness (QED) is 0.161. The number of ether oxygens (including phenoxy) is 2. The van der Waals surface area contributed by atoms with E-state index in [9.17, 15) is 14.4 Å². The van der Waals surface area contributed by atoms with Gasteiger partial charge in [-0.3, -0.25) is 24.3 Å². The largest absolute Gasteiger partial charge is 0.493 e. The molecule has 1 saturated heterocycles. The van der Waals surface area contributed by atoms with Crippen LogP contribution < -0.4 is 30.4 Å². The van der Waals surface area contributed by atoms with E-state index in [-0.39, 0.29) is 28.0 Å². The Bertz CT molecular complexity index is 2280. The molecule has 6 aromatic rings. The first-order valence-electron chi connectivity index (χ1n) is 16.9. The average molecular weight is 696 g/mol. The van der Waals surface area contributed by atoms with E-state index < -0.39 is 11.8 Å². The fourth-order valence-corrected chi connectivity index (χ4v) is 6.34. The topological polar surface area (TPSA) is 126 Å². The number of anilines is 3. The smallest absolute Gasteiger partial charge is 0.291 e. The van der Waals surface area contributed by atoms with Gasteiger partial charge in [0.25, 0.3) is 11.8 Å². The Morgan fingerprint density at radius 2 is 1.48 bits per heavy atom.